The van der Waals surface area contributed by atoms with Gasteiger partial charge in [0.1, 0.15) is 0 Å². The molecule has 0 aliphatic carbocycles. The van der Waals surface area contributed by atoms with Gasteiger partial charge in [0.15, 0.2) is 0 Å². The predicted molar refractivity (Wildman–Crippen MR) is 90.1 cm³/mol. The number of benzene rings is 1. The lowest BCUT2D eigenvalue weighted by Crippen LogP contribution is -2.52. The Morgan fingerprint density at radius 2 is 2.18 bits per heavy atom. The Labute approximate surface area is 139 Å². The van der Waals surface area contributed by atoms with Crippen LogP contribution < -0.4 is 10.0 Å². The van der Waals surface area contributed by atoms with Crippen molar-refractivity contribution in [1.29, 1.82) is 0 Å². The lowest BCUT2D eigenvalue weighted by molar-refractivity contribution is 0.122. The van der Waals surface area contributed by atoms with Crippen LogP contribution in [-0.2, 0) is 21.2 Å². The molecule has 0 radical (unpaired) electrons. The van der Waals surface area contributed by atoms with Crippen LogP contribution in [0.4, 0.5) is 0 Å². The minimum Gasteiger partial charge on any atom is -0.383 e. The number of rotatable bonds is 7. The Balaban J connectivity index is 0.00000242. The van der Waals surface area contributed by atoms with Crippen LogP contribution >= 0.6 is 12.4 Å². The van der Waals surface area contributed by atoms with E-state index in [4.69, 9.17) is 4.74 Å². The van der Waals surface area contributed by atoms with E-state index in [1.165, 1.54) is 0 Å². The summed E-state index contributed by atoms with van der Waals surface area (Å²) in [6.07, 6.45) is 2.77. The molecule has 0 amide bonds. The Hall–Kier alpha value is -0.660. The van der Waals surface area contributed by atoms with Crippen LogP contribution in [-0.4, -0.2) is 40.8 Å². The summed E-state index contributed by atoms with van der Waals surface area (Å²) < 4.78 is 32.8. The smallest absolute Gasteiger partial charge is 0.240 e. The van der Waals surface area contributed by atoms with Crippen LogP contribution in [0.25, 0.3) is 0 Å². The minimum absolute atomic E-state index is 0. The molecule has 2 rings (SSSR count). The Morgan fingerprint density at radius 1 is 1.41 bits per heavy atom. The average Bonchev–Trinajstić information content (AvgIpc) is 2.95. The third-order valence-electron chi connectivity index (χ3n) is 3.97. The van der Waals surface area contributed by atoms with Crippen LogP contribution in [0, 0.1) is 0 Å². The molecule has 0 bridgehead atoms. The number of methoxy groups -OCH3 is 1. The van der Waals surface area contributed by atoms with Crippen molar-refractivity contribution in [2.45, 2.75) is 36.6 Å². The summed E-state index contributed by atoms with van der Waals surface area (Å²) in [7, 11) is -1.84. The molecule has 7 heteroatoms. The fourth-order valence-electron chi connectivity index (χ4n) is 2.72. The number of ether oxygens (including phenoxy) is 1. The van der Waals surface area contributed by atoms with Crippen LogP contribution in [0.1, 0.15) is 25.3 Å². The van der Waals surface area contributed by atoms with Crippen molar-refractivity contribution >= 4 is 22.4 Å². The molecule has 1 heterocycles. The van der Waals surface area contributed by atoms with Gasteiger partial charge in [-0.3, -0.25) is 0 Å². The molecule has 0 saturated carbocycles. The van der Waals surface area contributed by atoms with Gasteiger partial charge in [-0.25, -0.2) is 13.1 Å². The molecule has 2 N–H and O–H groups in total. The second-order valence-corrected chi connectivity index (χ2v) is 7.34. The molecule has 1 atom stereocenters. The van der Waals surface area contributed by atoms with E-state index < -0.39 is 10.0 Å². The first-order valence-corrected chi connectivity index (χ1v) is 8.82. The molecule has 22 heavy (non-hydrogen) atoms. The van der Waals surface area contributed by atoms with Crippen molar-refractivity contribution in [3.63, 3.8) is 0 Å². The van der Waals surface area contributed by atoms with Gasteiger partial charge in [-0.2, -0.15) is 0 Å². The molecule has 5 nitrogen and oxygen atoms in total. The number of sulfonamides is 1. The molecule has 0 aromatic heterocycles. The second-order valence-electron chi connectivity index (χ2n) is 5.57. The fourth-order valence-corrected chi connectivity index (χ4v) is 3.92. The van der Waals surface area contributed by atoms with Crippen molar-refractivity contribution in [2.24, 2.45) is 0 Å². The zero-order valence-electron chi connectivity index (χ0n) is 13.1. The van der Waals surface area contributed by atoms with Gasteiger partial charge in [-0.15, -0.1) is 12.4 Å². The predicted octanol–water partition coefficient (Wildman–Crippen LogP) is 1.72. The van der Waals surface area contributed by atoms with E-state index in [0.717, 1.165) is 31.4 Å². The lowest BCUT2D eigenvalue weighted by atomic mass is 9.99. The molecule has 1 fully saturated rings. The zero-order valence-corrected chi connectivity index (χ0v) is 14.7. The number of halogens is 1. The molecule has 1 aromatic carbocycles. The fraction of sp³-hybridized carbons (Fsp3) is 0.600. The Kier molecular flexibility index (Phi) is 7.28. The summed E-state index contributed by atoms with van der Waals surface area (Å²) in [5.74, 6) is 0. The summed E-state index contributed by atoms with van der Waals surface area (Å²) in [5, 5.41) is 3.37. The number of nitrogens with one attached hydrogen (secondary N) is 2. The topological polar surface area (TPSA) is 67.4 Å². The van der Waals surface area contributed by atoms with E-state index in [1.807, 2.05) is 13.0 Å². The quantitative estimate of drug-likeness (QED) is 0.787. The molecular weight excluding hydrogens is 324 g/mol. The van der Waals surface area contributed by atoms with Crippen molar-refractivity contribution in [2.75, 3.05) is 26.8 Å². The summed E-state index contributed by atoms with van der Waals surface area (Å²) in [6.45, 7) is 3.76. The van der Waals surface area contributed by atoms with Crippen LogP contribution in [0.3, 0.4) is 0 Å². The zero-order chi connectivity index (χ0) is 15.3. The normalized spacial score (nSPS) is 21.5. The monoisotopic (exact) mass is 348 g/mol. The number of hydrogen-bond donors (Lipinski definition) is 2. The SMILES string of the molecule is CCc1cccc(S(=O)(=O)NCC2(COC)CCCN2)c1.Cl. The second kappa shape index (κ2) is 8.26. The highest BCUT2D eigenvalue weighted by Gasteiger charge is 2.34. The average molecular weight is 349 g/mol. The van der Waals surface area contributed by atoms with Crippen molar-refractivity contribution in [1.82, 2.24) is 10.0 Å². The van der Waals surface area contributed by atoms with E-state index in [-0.39, 0.29) is 17.9 Å². The highest BCUT2D eigenvalue weighted by Crippen LogP contribution is 2.20. The van der Waals surface area contributed by atoms with Crippen molar-refractivity contribution in [3.05, 3.63) is 29.8 Å². The largest absolute Gasteiger partial charge is 0.383 e. The number of aryl methyl sites for hydroxylation is 1. The first-order chi connectivity index (χ1) is 10.0. The third kappa shape index (κ3) is 4.67. The molecular formula is C15H25ClN2O3S. The molecule has 1 aliphatic rings. The van der Waals surface area contributed by atoms with Crippen molar-refractivity contribution in [3.8, 4) is 0 Å². The first-order valence-electron chi connectivity index (χ1n) is 7.34. The highest BCUT2D eigenvalue weighted by molar-refractivity contribution is 7.89. The first kappa shape index (κ1) is 19.4. The maximum absolute atomic E-state index is 12.4. The van der Waals surface area contributed by atoms with Gasteiger partial charge in [0, 0.05) is 13.7 Å². The lowest BCUT2D eigenvalue weighted by Gasteiger charge is -2.28. The molecule has 0 spiro atoms. The maximum atomic E-state index is 12.4. The Bertz CT molecular complexity index is 572. The third-order valence-corrected chi connectivity index (χ3v) is 5.37. The minimum atomic E-state index is -3.48. The van der Waals surface area contributed by atoms with E-state index in [1.54, 1.807) is 25.3 Å². The van der Waals surface area contributed by atoms with Gasteiger partial charge in [-0.05, 0) is 43.5 Å². The standard InChI is InChI=1S/C15H24N2O3S.ClH/c1-3-13-6-4-7-14(10-13)21(18,19)17-11-15(12-20-2)8-5-9-16-15;/h4,6-7,10,16-17H,3,5,8-9,11-12H2,1-2H3;1H. The van der Waals surface area contributed by atoms with Gasteiger partial charge in [0.2, 0.25) is 10.0 Å². The van der Waals surface area contributed by atoms with Crippen LogP contribution in [0.2, 0.25) is 0 Å². The van der Waals surface area contributed by atoms with E-state index in [0.29, 0.717) is 18.0 Å². The van der Waals surface area contributed by atoms with Gasteiger partial charge in [-0.1, -0.05) is 19.1 Å². The van der Waals surface area contributed by atoms with E-state index >= 15 is 0 Å². The van der Waals surface area contributed by atoms with Crippen molar-refractivity contribution < 1.29 is 13.2 Å². The van der Waals surface area contributed by atoms with E-state index in [2.05, 4.69) is 10.0 Å². The maximum Gasteiger partial charge on any atom is 0.240 e. The molecule has 1 unspecified atom stereocenters. The van der Waals surface area contributed by atoms with Crippen LogP contribution in [0.5, 0.6) is 0 Å². The summed E-state index contributed by atoms with van der Waals surface area (Å²) in [5.41, 5.74) is 0.730. The van der Waals surface area contributed by atoms with Gasteiger partial charge in [0.05, 0.1) is 17.0 Å². The Morgan fingerprint density at radius 3 is 2.77 bits per heavy atom. The van der Waals surface area contributed by atoms with E-state index in [9.17, 15) is 8.42 Å². The van der Waals surface area contributed by atoms with Gasteiger partial charge in [0.25, 0.3) is 0 Å². The molecule has 1 aliphatic heterocycles. The highest BCUT2D eigenvalue weighted by atomic mass is 35.5. The number of hydrogen-bond acceptors (Lipinski definition) is 4. The molecule has 1 aromatic rings. The van der Waals surface area contributed by atoms with Crippen LogP contribution in [0.15, 0.2) is 29.2 Å². The summed E-state index contributed by atoms with van der Waals surface area (Å²) in [6, 6.07) is 7.08. The van der Waals surface area contributed by atoms with Gasteiger partial charge >= 0.3 is 0 Å². The molecule has 1 saturated heterocycles. The summed E-state index contributed by atoms with van der Waals surface area (Å²) >= 11 is 0. The van der Waals surface area contributed by atoms with Gasteiger partial charge < -0.3 is 10.1 Å². The summed E-state index contributed by atoms with van der Waals surface area (Å²) in [4.78, 5) is 0.326. The molecule has 126 valence electrons.